The molecule has 1 aromatic carbocycles. The van der Waals surface area contributed by atoms with E-state index < -0.39 is 0 Å². The van der Waals surface area contributed by atoms with Crippen molar-refractivity contribution in [2.45, 2.75) is 25.8 Å². The summed E-state index contributed by atoms with van der Waals surface area (Å²) in [5, 5.41) is 16.8. The third kappa shape index (κ3) is 3.89. The van der Waals surface area contributed by atoms with Gasteiger partial charge in [-0.05, 0) is 36.6 Å². The lowest BCUT2D eigenvalue weighted by molar-refractivity contribution is -0.122. The van der Waals surface area contributed by atoms with E-state index in [1.165, 1.54) is 5.56 Å². The van der Waals surface area contributed by atoms with Crippen molar-refractivity contribution in [2.24, 2.45) is 5.41 Å². The fourth-order valence-corrected chi connectivity index (χ4v) is 3.55. The molecule has 140 valence electrons. The molecule has 0 radical (unpaired) electrons. The van der Waals surface area contributed by atoms with Crippen molar-refractivity contribution in [3.05, 3.63) is 36.2 Å². The maximum Gasteiger partial charge on any atom is 0.290 e. The Bertz CT molecular complexity index is 737. The normalized spacial score (nSPS) is 17.6. The molecule has 3 heterocycles. The predicted molar refractivity (Wildman–Crippen MR) is 95.1 cm³/mol. The van der Waals surface area contributed by atoms with E-state index in [0.29, 0.717) is 0 Å². The lowest BCUT2D eigenvalue weighted by Crippen LogP contribution is -2.37. The summed E-state index contributed by atoms with van der Waals surface area (Å²) in [6.45, 7) is 2.92. The SMILES string of the molecule is O=CO.OCC1(Cn2ccnc2-c2ccc3c(c2)CCO3)CCOCC1. The summed E-state index contributed by atoms with van der Waals surface area (Å²) in [4.78, 5) is 12.9. The van der Waals surface area contributed by atoms with E-state index in [4.69, 9.17) is 19.4 Å². The van der Waals surface area contributed by atoms with Crippen molar-refractivity contribution in [1.29, 1.82) is 0 Å². The Labute approximate surface area is 152 Å². The number of aliphatic hydroxyl groups is 1. The standard InChI is InChI=1S/C18H22N2O3.CH2O2/c21-13-18(4-9-22-10-5-18)12-20-7-6-19-17(20)15-1-2-16-14(11-15)3-8-23-16;2-1-3/h1-2,6-7,11,21H,3-5,8-10,12-13H2;1H,(H,2,3). The van der Waals surface area contributed by atoms with Crippen LogP contribution in [-0.2, 0) is 22.5 Å². The van der Waals surface area contributed by atoms with Gasteiger partial charge in [-0.3, -0.25) is 4.79 Å². The average Bonchev–Trinajstić information content (AvgIpc) is 3.31. The van der Waals surface area contributed by atoms with Gasteiger partial charge >= 0.3 is 0 Å². The smallest absolute Gasteiger partial charge is 0.290 e. The van der Waals surface area contributed by atoms with Crippen molar-refractivity contribution >= 4 is 6.47 Å². The Morgan fingerprint density at radius 1 is 1.27 bits per heavy atom. The lowest BCUT2D eigenvalue weighted by atomic mass is 9.81. The topological polar surface area (TPSA) is 93.8 Å². The monoisotopic (exact) mass is 360 g/mol. The number of hydrogen-bond acceptors (Lipinski definition) is 5. The van der Waals surface area contributed by atoms with Crippen LogP contribution in [0.5, 0.6) is 5.75 Å². The van der Waals surface area contributed by atoms with Crippen molar-refractivity contribution < 1.29 is 24.5 Å². The second-order valence-corrected chi connectivity index (χ2v) is 6.68. The van der Waals surface area contributed by atoms with Gasteiger partial charge in [0.2, 0.25) is 0 Å². The number of carboxylic acid groups (broad SMARTS) is 1. The number of carbonyl (C=O) groups is 1. The number of fused-ring (bicyclic) bond motifs is 1. The first-order chi connectivity index (χ1) is 12.7. The summed E-state index contributed by atoms with van der Waals surface area (Å²) in [6.07, 6.45) is 6.58. The van der Waals surface area contributed by atoms with E-state index in [1.54, 1.807) is 0 Å². The summed E-state index contributed by atoms with van der Waals surface area (Å²) >= 11 is 0. The number of nitrogens with zero attached hydrogens (tertiary/aromatic N) is 2. The van der Waals surface area contributed by atoms with Gasteiger partial charge in [0.1, 0.15) is 11.6 Å². The van der Waals surface area contributed by atoms with Crippen LogP contribution in [0.25, 0.3) is 11.4 Å². The minimum atomic E-state index is -0.250. The van der Waals surface area contributed by atoms with E-state index in [-0.39, 0.29) is 18.5 Å². The second-order valence-electron chi connectivity index (χ2n) is 6.68. The largest absolute Gasteiger partial charge is 0.493 e. The molecule has 2 N–H and O–H groups in total. The van der Waals surface area contributed by atoms with Crippen molar-refractivity contribution in [1.82, 2.24) is 9.55 Å². The van der Waals surface area contributed by atoms with Crippen molar-refractivity contribution in [2.75, 3.05) is 26.4 Å². The van der Waals surface area contributed by atoms with E-state index in [2.05, 4.69) is 21.7 Å². The molecule has 7 nitrogen and oxygen atoms in total. The van der Waals surface area contributed by atoms with Crippen LogP contribution in [0.15, 0.2) is 30.6 Å². The molecule has 0 atom stereocenters. The highest BCUT2D eigenvalue weighted by molar-refractivity contribution is 5.60. The molecule has 2 aliphatic rings. The van der Waals surface area contributed by atoms with Crippen molar-refractivity contribution in [3.63, 3.8) is 0 Å². The fraction of sp³-hybridized carbons (Fsp3) is 0.474. The zero-order valence-corrected chi connectivity index (χ0v) is 14.6. The summed E-state index contributed by atoms with van der Waals surface area (Å²) in [7, 11) is 0. The second kappa shape index (κ2) is 8.33. The van der Waals surface area contributed by atoms with Crippen LogP contribution < -0.4 is 4.74 Å². The Morgan fingerprint density at radius 2 is 2.04 bits per heavy atom. The van der Waals surface area contributed by atoms with Crippen LogP contribution in [0, 0.1) is 5.41 Å². The van der Waals surface area contributed by atoms with E-state index in [0.717, 1.165) is 62.8 Å². The van der Waals surface area contributed by atoms with Gasteiger partial charge in [0.05, 0.1) is 13.2 Å². The predicted octanol–water partition coefficient (Wildman–Crippen LogP) is 1.97. The van der Waals surface area contributed by atoms with Crippen LogP contribution in [0.3, 0.4) is 0 Å². The van der Waals surface area contributed by atoms with Gasteiger partial charge in [-0.15, -0.1) is 0 Å². The maximum absolute atomic E-state index is 9.92. The highest BCUT2D eigenvalue weighted by Crippen LogP contribution is 2.34. The van der Waals surface area contributed by atoms with Gasteiger partial charge in [-0.25, -0.2) is 4.98 Å². The third-order valence-electron chi connectivity index (χ3n) is 5.06. The van der Waals surface area contributed by atoms with Gasteiger partial charge in [0.25, 0.3) is 6.47 Å². The van der Waals surface area contributed by atoms with Crippen LogP contribution in [0.1, 0.15) is 18.4 Å². The number of aliphatic hydroxyl groups excluding tert-OH is 1. The van der Waals surface area contributed by atoms with Gasteiger partial charge < -0.3 is 24.3 Å². The summed E-state index contributed by atoms with van der Waals surface area (Å²) in [5.74, 6) is 1.95. The Balaban J connectivity index is 0.000000613. The molecule has 0 spiro atoms. The molecule has 1 saturated heterocycles. The minimum Gasteiger partial charge on any atom is -0.493 e. The summed E-state index contributed by atoms with van der Waals surface area (Å²) in [5.41, 5.74) is 2.26. The number of hydrogen-bond donors (Lipinski definition) is 2. The van der Waals surface area contributed by atoms with Crippen LogP contribution in [0.4, 0.5) is 0 Å². The molecule has 2 aliphatic heterocycles. The molecule has 2 aromatic rings. The average molecular weight is 360 g/mol. The van der Waals surface area contributed by atoms with E-state index in [9.17, 15) is 5.11 Å². The molecule has 0 amide bonds. The molecular weight excluding hydrogens is 336 g/mol. The molecule has 1 fully saturated rings. The number of rotatable bonds is 4. The first-order valence-corrected chi connectivity index (χ1v) is 8.75. The molecule has 0 saturated carbocycles. The maximum atomic E-state index is 9.92. The Hall–Kier alpha value is -2.38. The van der Waals surface area contributed by atoms with E-state index >= 15 is 0 Å². The minimum absolute atomic E-state index is 0.104. The van der Waals surface area contributed by atoms with Crippen molar-refractivity contribution in [3.8, 4) is 17.1 Å². The molecule has 7 heteroatoms. The zero-order chi connectivity index (χ0) is 18.4. The van der Waals surface area contributed by atoms with E-state index in [1.807, 2.05) is 18.5 Å². The number of benzene rings is 1. The molecule has 26 heavy (non-hydrogen) atoms. The van der Waals surface area contributed by atoms with Gasteiger partial charge in [0, 0.05) is 49.6 Å². The first-order valence-electron chi connectivity index (χ1n) is 8.75. The zero-order valence-electron chi connectivity index (χ0n) is 14.6. The molecular formula is C19H24N2O5. The van der Waals surface area contributed by atoms with Crippen LogP contribution in [0.2, 0.25) is 0 Å². The quantitative estimate of drug-likeness (QED) is 0.810. The van der Waals surface area contributed by atoms with Gasteiger partial charge in [0.15, 0.2) is 0 Å². The summed E-state index contributed by atoms with van der Waals surface area (Å²) < 4.78 is 13.2. The number of aromatic nitrogens is 2. The fourth-order valence-electron chi connectivity index (χ4n) is 3.55. The molecule has 0 aliphatic carbocycles. The van der Waals surface area contributed by atoms with Crippen LogP contribution >= 0.6 is 0 Å². The lowest BCUT2D eigenvalue weighted by Gasteiger charge is -2.36. The Kier molecular flexibility index (Phi) is 5.90. The highest BCUT2D eigenvalue weighted by atomic mass is 16.5. The summed E-state index contributed by atoms with van der Waals surface area (Å²) in [6, 6.07) is 6.28. The third-order valence-corrected chi connectivity index (χ3v) is 5.06. The number of imidazole rings is 1. The molecule has 0 bridgehead atoms. The first kappa shape index (κ1) is 18.4. The van der Waals surface area contributed by atoms with Crippen LogP contribution in [-0.4, -0.2) is 52.7 Å². The molecule has 4 rings (SSSR count). The van der Waals surface area contributed by atoms with Gasteiger partial charge in [-0.2, -0.15) is 0 Å². The highest BCUT2D eigenvalue weighted by Gasteiger charge is 2.33. The molecule has 0 unspecified atom stereocenters. The molecule has 1 aromatic heterocycles. The van der Waals surface area contributed by atoms with Gasteiger partial charge in [-0.1, -0.05) is 0 Å². The Morgan fingerprint density at radius 3 is 2.77 bits per heavy atom. The number of ether oxygens (including phenoxy) is 2.